The molecule has 0 aliphatic carbocycles. The standard InChI is InChI=1S/C17H30N5O4P/c1-11(8-22-10-21-12-13(18)19-9-20-14(12)22)26-17(15(2,3)4,16(5,6)7)27(23,24)25/h9-11H,8H2,1-7H3,(H2,18,19,20)(H2,23,24,25)/t11-/m1/s1. The second-order valence-corrected chi connectivity index (χ2v) is 10.7. The van der Waals surface area contributed by atoms with E-state index in [9.17, 15) is 14.4 Å². The highest BCUT2D eigenvalue weighted by molar-refractivity contribution is 7.53. The van der Waals surface area contributed by atoms with Crippen LogP contribution in [0, 0.1) is 10.8 Å². The lowest BCUT2D eigenvalue weighted by Gasteiger charge is -2.53. The SMILES string of the molecule is C[C@H](Cn1cnc2c(N)ncnc21)OC(C(C)(C)C)(C(C)(C)C)P(=O)(O)O. The fourth-order valence-corrected chi connectivity index (χ4v) is 6.12. The third-order valence-corrected chi connectivity index (χ3v) is 6.97. The predicted molar refractivity (Wildman–Crippen MR) is 104 cm³/mol. The van der Waals surface area contributed by atoms with Crippen molar-refractivity contribution in [3.05, 3.63) is 12.7 Å². The van der Waals surface area contributed by atoms with Gasteiger partial charge in [-0.25, -0.2) is 15.0 Å². The minimum atomic E-state index is -4.64. The van der Waals surface area contributed by atoms with Crippen LogP contribution in [0.2, 0.25) is 0 Å². The number of nitrogen functional groups attached to an aromatic ring is 1. The molecule has 9 nitrogen and oxygen atoms in total. The van der Waals surface area contributed by atoms with Gasteiger partial charge in [-0.2, -0.15) is 0 Å². The first-order chi connectivity index (χ1) is 12.1. The number of rotatable bonds is 5. The minimum absolute atomic E-state index is 0.279. The van der Waals surface area contributed by atoms with Crippen molar-refractivity contribution in [2.45, 2.75) is 66.5 Å². The molecule has 0 aromatic carbocycles. The van der Waals surface area contributed by atoms with Crippen molar-refractivity contribution in [1.82, 2.24) is 19.5 Å². The molecule has 0 amide bonds. The zero-order chi connectivity index (χ0) is 20.8. The van der Waals surface area contributed by atoms with Crippen LogP contribution in [0.4, 0.5) is 5.82 Å². The Hall–Kier alpha value is -1.54. The van der Waals surface area contributed by atoms with Crippen LogP contribution in [-0.2, 0) is 15.8 Å². The molecular weight excluding hydrogens is 369 g/mol. The Morgan fingerprint density at radius 1 is 1.15 bits per heavy atom. The van der Waals surface area contributed by atoms with Gasteiger partial charge in [0.25, 0.3) is 0 Å². The maximum absolute atomic E-state index is 12.7. The van der Waals surface area contributed by atoms with Crippen LogP contribution in [0.15, 0.2) is 12.7 Å². The van der Waals surface area contributed by atoms with Crippen molar-refractivity contribution < 1.29 is 19.1 Å². The van der Waals surface area contributed by atoms with Crippen molar-refractivity contribution >= 4 is 24.6 Å². The molecule has 10 heteroatoms. The lowest BCUT2D eigenvalue weighted by Crippen LogP contribution is -2.56. The van der Waals surface area contributed by atoms with Crippen molar-refractivity contribution in [3.8, 4) is 0 Å². The molecule has 2 heterocycles. The van der Waals surface area contributed by atoms with Gasteiger partial charge < -0.3 is 24.8 Å². The van der Waals surface area contributed by atoms with E-state index in [-0.39, 0.29) is 5.82 Å². The lowest BCUT2D eigenvalue weighted by atomic mass is 9.73. The van der Waals surface area contributed by atoms with Gasteiger partial charge in [0.2, 0.25) is 0 Å². The van der Waals surface area contributed by atoms with Crippen LogP contribution in [0.3, 0.4) is 0 Å². The summed E-state index contributed by atoms with van der Waals surface area (Å²) >= 11 is 0. The molecule has 0 spiro atoms. The summed E-state index contributed by atoms with van der Waals surface area (Å²) in [5, 5.41) is -1.68. The van der Waals surface area contributed by atoms with Crippen molar-refractivity contribution in [2.75, 3.05) is 5.73 Å². The summed E-state index contributed by atoms with van der Waals surface area (Å²) in [5.41, 5.74) is 5.21. The average Bonchev–Trinajstić information content (AvgIpc) is 2.85. The van der Waals surface area contributed by atoms with Crippen LogP contribution in [0.25, 0.3) is 11.2 Å². The lowest BCUT2D eigenvalue weighted by molar-refractivity contribution is -0.162. The zero-order valence-electron chi connectivity index (χ0n) is 17.0. The predicted octanol–water partition coefficient (Wildman–Crippen LogP) is 2.78. The second kappa shape index (κ2) is 6.81. The van der Waals surface area contributed by atoms with E-state index < -0.39 is 29.9 Å². The van der Waals surface area contributed by atoms with E-state index >= 15 is 0 Å². The minimum Gasteiger partial charge on any atom is -0.382 e. The van der Waals surface area contributed by atoms with Gasteiger partial charge in [-0.3, -0.25) is 4.57 Å². The van der Waals surface area contributed by atoms with E-state index in [0.29, 0.717) is 17.7 Å². The molecule has 0 radical (unpaired) electrons. The summed E-state index contributed by atoms with van der Waals surface area (Å²) in [5.74, 6) is 0.279. The molecule has 2 aromatic rings. The Bertz CT molecular complexity index is 848. The summed E-state index contributed by atoms with van der Waals surface area (Å²) in [4.78, 5) is 33.0. The number of anilines is 1. The summed E-state index contributed by atoms with van der Waals surface area (Å²) in [6.45, 7) is 12.8. The molecule has 0 saturated carbocycles. The van der Waals surface area contributed by atoms with E-state index in [4.69, 9.17) is 10.5 Å². The number of fused-ring (bicyclic) bond motifs is 1. The van der Waals surface area contributed by atoms with Crippen molar-refractivity contribution in [1.29, 1.82) is 0 Å². The van der Waals surface area contributed by atoms with E-state index in [0.717, 1.165) is 0 Å². The molecule has 0 saturated heterocycles. The summed E-state index contributed by atoms with van der Waals surface area (Å²) in [6.07, 6.45) is 2.40. The van der Waals surface area contributed by atoms with E-state index in [1.165, 1.54) is 6.33 Å². The highest BCUT2D eigenvalue weighted by Crippen LogP contribution is 2.67. The molecule has 152 valence electrons. The molecular formula is C17H30N5O4P. The van der Waals surface area contributed by atoms with Gasteiger partial charge >= 0.3 is 7.60 Å². The number of aromatic nitrogens is 4. The average molecular weight is 399 g/mol. The first kappa shape index (κ1) is 21.8. The van der Waals surface area contributed by atoms with Crippen LogP contribution in [-0.4, -0.2) is 40.8 Å². The zero-order valence-corrected chi connectivity index (χ0v) is 17.9. The van der Waals surface area contributed by atoms with Gasteiger partial charge in [-0.05, 0) is 6.92 Å². The Balaban J connectivity index is 2.43. The molecule has 4 N–H and O–H groups in total. The van der Waals surface area contributed by atoms with Gasteiger partial charge in [-0.1, -0.05) is 41.5 Å². The van der Waals surface area contributed by atoms with Gasteiger partial charge in [0.05, 0.1) is 19.0 Å². The molecule has 2 rings (SSSR count). The molecule has 0 unspecified atom stereocenters. The summed E-state index contributed by atoms with van der Waals surface area (Å²) in [6, 6.07) is 0. The maximum Gasteiger partial charge on any atom is 0.358 e. The van der Waals surface area contributed by atoms with Gasteiger partial charge in [0.15, 0.2) is 16.8 Å². The number of hydrogen-bond acceptors (Lipinski definition) is 6. The highest BCUT2D eigenvalue weighted by atomic mass is 31.2. The van der Waals surface area contributed by atoms with E-state index in [2.05, 4.69) is 15.0 Å². The molecule has 2 aromatic heterocycles. The monoisotopic (exact) mass is 399 g/mol. The largest absolute Gasteiger partial charge is 0.382 e. The smallest absolute Gasteiger partial charge is 0.358 e. The number of imidazole rings is 1. The molecule has 0 bridgehead atoms. The Morgan fingerprint density at radius 3 is 2.19 bits per heavy atom. The van der Waals surface area contributed by atoms with Crippen LogP contribution >= 0.6 is 7.60 Å². The van der Waals surface area contributed by atoms with Gasteiger partial charge in [-0.15, -0.1) is 0 Å². The van der Waals surface area contributed by atoms with E-state index in [1.54, 1.807) is 59.4 Å². The number of hydrogen-bond donors (Lipinski definition) is 3. The first-order valence-corrected chi connectivity index (χ1v) is 10.4. The van der Waals surface area contributed by atoms with Crippen LogP contribution < -0.4 is 5.73 Å². The first-order valence-electron chi connectivity index (χ1n) is 8.76. The topological polar surface area (TPSA) is 136 Å². The molecule has 0 aliphatic rings. The van der Waals surface area contributed by atoms with Gasteiger partial charge in [0, 0.05) is 10.8 Å². The number of nitrogens with two attached hydrogens (primary N) is 1. The second-order valence-electron chi connectivity index (χ2n) is 8.94. The molecule has 0 fully saturated rings. The quantitative estimate of drug-likeness (QED) is 0.653. The molecule has 1 atom stereocenters. The number of nitrogens with zero attached hydrogens (tertiary/aromatic N) is 4. The number of ether oxygens (including phenoxy) is 1. The normalized spacial score (nSPS) is 15.3. The summed E-state index contributed by atoms with van der Waals surface area (Å²) in [7, 11) is -4.64. The fourth-order valence-electron chi connectivity index (χ4n) is 4.06. The highest BCUT2D eigenvalue weighted by Gasteiger charge is 2.64. The van der Waals surface area contributed by atoms with E-state index in [1.807, 2.05) is 0 Å². The van der Waals surface area contributed by atoms with Crippen molar-refractivity contribution in [2.24, 2.45) is 10.8 Å². The maximum atomic E-state index is 12.7. The van der Waals surface area contributed by atoms with Crippen molar-refractivity contribution in [3.63, 3.8) is 0 Å². The molecule has 0 aliphatic heterocycles. The summed E-state index contributed by atoms with van der Waals surface area (Å²) < 4.78 is 20.6. The van der Waals surface area contributed by atoms with Crippen LogP contribution in [0.5, 0.6) is 0 Å². The third-order valence-electron chi connectivity index (χ3n) is 4.70. The van der Waals surface area contributed by atoms with Gasteiger partial charge in [0.1, 0.15) is 11.8 Å². The fraction of sp³-hybridized carbons (Fsp3) is 0.706. The third kappa shape index (κ3) is 3.74. The Kier molecular flexibility index (Phi) is 5.49. The van der Waals surface area contributed by atoms with Crippen LogP contribution in [0.1, 0.15) is 48.5 Å². The Labute approximate surface area is 159 Å². The Morgan fingerprint density at radius 2 is 1.70 bits per heavy atom. The molecule has 27 heavy (non-hydrogen) atoms.